The van der Waals surface area contributed by atoms with Crippen molar-refractivity contribution in [3.8, 4) is 17.3 Å². The van der Waals surface area contributed by atoms with Gasteiger partial charge in [0.2, 0.25) is 10.0 Å². The summed E-state index contributed by atoms with van der Waals surface area (Å²) in [5, 5.41) is 9.27. The summed E-state index contributed by atoms with van der Waals surface area (Å²) < 4.78 is 41.8. The van der Waals surface area contributed by atoms with Gasteiger partial charge in [0.25, 0.3) is 0 Å². The van der Waals surface area contributed by atoms with Gasteiger partial charge >= 0.3 is 0 Å². The van der Waals surface area contributed by atoms with E-state index in [2.05, 4.69) is 14.6 Å². The second-order valence-electron chi connectivity index (χ2n) is 9.23. The molecule has 0 amide bonds. The van der Waals surface area contributed by atoms with Gasteiger partial charge in [0.1, 0.15) is 17.7 Å². The van der Waals surface area contributed by atoms with E-state index < -0.39 is 10.0 Å². The van der Waals surface area contributed by atoms with Gasteiger partial charge in [-0.3, -0.25) is 4.90 Å². The van der Waals surface area contributed by atoms with Crippen LogP contribution < -0.4 is 4.72 Å². The molecular weight excluding hydrogens is 465 g/mol. The third-order valence-electron chi connectivity index (χ3n) is 7.06. The Morgan fingerprint density at radius 1 is 1.17 bits per heavy atom. The summed E-state index contributed by atoms with van der Waals surface area (Å²) in [5.41, 5.74) is 2.75. The number of aryl methyl sites for hydroxylation is 1. The maximum absolute atomic E-state index is 13.4. The maximum atomic E-state index is 13.4. The van der Waals surface area contributed by atoms with Crippen LogP contribution in [-0.2, 0) is 10.0 Å². The van der Waals surface area contributed by atoms with Gasteiger partial charge in [-0.05, 0) is 74.7 Å². The molecule has 1 N–H and O–H groups in total. The molecule has 0 spiro atoms. The van der Waals surface area contributed by atoms with Crippen LogP contribution in [0.3, 0.4) is 0 Å². The van der Waals surface area contributed by atoms with E-state index in [9.17, 15) is 18.1 Å². The lowest BCUT2D eigenvalue weighted by Gasteiger charge is -2.49. The fourth-order valence-electron chi connectivity index (χ4n) is 5.31. The molecule has 35 heavy (non-hydrogen) atoms. The molecule has 2 aromatic carbocycles. The van der Waals surface area contributed by atoms with Crippen LogP contribution in [0.1, 0.15) is 35.8 Å². The molecule has 1 aromatic heterocycles. The molecule has 3 saturated heterocycles. The zero-order valence-corrected chi connectivity index (χ0v) is 20.2. The molecule has 9 heteroatoms. The van der Waals surface area contributed by atoms with Gasteiger partial charge in [0.15, 0.2) is 0 Å². The SMILES string of the molecule is Cc1nc(-c2ccc(F)cc2)cc([C@H]2CN3CC[C@H]2C[C@@H]3CNS(=O)(=O)c2ccccc2C#N)n1. The first-order chi connectivity index (χ1) is 16.8. The van der Waals surface area contributed by atoms with Crippen molar-refractivity contribution in [2.24, 2.45) is 5.92 Å². The second kappa shape index (κ2) is 9.46. The van der Waals surface area contributed by atoms with Crippen LogP contribution in [0.4, 0.5) is 4.39 Å². The van der Waals surface area contributed by atoms with E-state index in [1.54, 1.807) is 24.3 Å². The summed E-state index contributed by atoms with van der Waals surface area (Å²) in [6, 6.07) is 16.6. The zero-order chi connectivity index (χ0) is 24.6. The summed E-state index contributed by atoms with van der Waals surface area (Å²) in [6.07, 6.45) is 1.89. The minimum absolute atomic E-state index is 0.0149. The van der Waals surface area contributed by atoms with E-state index in [1.165, 1.54) is 24.3 Å². The third-order valence-corrected chi connectivity index (χ3v) is 8.54. The Hall–Kier alpha value is -3.19. The average molecular weight is 492 g/mol. The Kier molecular flexibility index (Phi) is 6.36. The van der Waals surface area contributed by atoms with Crippen molar-refractivity contribution in [2.45, 2.75) is 36.6 Å². The highest BCUT2D eigenvalue weighted by Crippen LogP contribution is 2.41. The molecule has 0 aliphatic carbocycles. The molecule has 3 fully saturated rings. The number of nitrogens with zero attached hydrogens (tertiary/aromatic N) is 4. The van der Waals surface area contributed by atoms with Crippen molar-refractivity contribution in [3.63, 3.8) is 0 Å². The number of rotatable bonds is 6. The highest BCUT2D eigenvalue weighted by molar-refractivity contribution is 7.89. The largest absolute Gasteiger partial charge is 0.298 e. The molecule has 2 bridgehead atoms. The van der Waals surface area contributed by atoms with Crippen LogP contribution in [0.15, 0.2) is 59.5 Å². The molecule has 3 aromatic rings. The fourth-order valence-corrected chi connectivity index (χ4v) is 6.54. The quantitative estimate of drug-likeness (QED) is 0.566. The van der Waals surface area contributed by atoms with E-state index in [4.69, 9.17) is 4.98 Å². The molecule has 3 aliphatic heterocycles. The smallest absolute Gasteiger partial charge is 0.241 e. The summed E-state index contributed by atoms with van der Waals surface area (Å²) in [5.74, 6) is 1.02. The first-order valence-corrected chi connectivity index (χ1v) is 13.2. The standard InChI is InChI=1S/C26H26FN5O2S/c1-17-30-24(18-6-8-21(27)9-7-18)13-25(31-17)23-16-32-11-10-19(23)12-22(32)15-29-35(33,34)26-5-3-2-4-20(26)14-28/h2-9,13,19,22-23,29H,10-12,15-16H2,1H3/t19-,22+,23-/m0/s1. The van der Waals surface area contributed by atoms with E-state index in [0.29, 0.717) is 18.3 Å². The monoisotopic (exact) mass is 491 g/mol. The van der Waals surface area contributed by atoms with E-state index in [-0.39, 0.29) is 28.2 Å². The van der Waals surface area contributed by atoms with Crippen molar-refractivity contribution in [1.82, 2.24) is 19.6 Å². The number of hydrogen-bond acceptors (Lipinski definition) is 6. The van der Waals surface area contributed by atoms with Crippen molar-refractivity contribution < 1.29 is 12.8 Å². The molecule has 4 atom stereocenters. The van der Waals surface area contributed by atoms with Crippen molar-refractivity contribution in [3.05, 3.63) is 77.5 Å². The number of benzene rings is 2. The maximum Gasteiger partial charge on any atom is 0.241 e. The molecule has 0 saturated carbocycles. The van der Waals surface area contributed by atoms with Gasteiger partial charge in [-0.1, -0.05) is 12.1 Å². The predicted molar refractivity (Wildman–Crippen MR) is 129 cm³/mol. The first-order valence-electron chi connectivity index (χ1n) is 11.7. The highest BCUT2D eigenvalue weighted by atomic mass is 32.2. The Morgan fingerprint density at radius 2 is 1.94 bits per heavy atom. The van der Waals surface area contributed by atoms with Crippen LogP contribution in [0.25, 0.3) is 11.3 Å². The van der Waals surface area contributed by atoms with Gasteiger partial charge in [-0.2, -0.15) is 5.26 Å². The number of hydrogen-bond donors (Lipinski definition) is 1. The number of piperidine rings is 3. The summed E-state index contributed by atoms with van der Waals surface area (Å²) >= 11 is 0. The lowest BCUT2D eigenvalue weighted by Crippen LogP contribution is -2.56. The number of nitrogens with one attached hydrogen (secondary N) is 1. The Bertz CT molecular complexity index is 1390. The topological polar surface area (TPSA) is 99.0 Å². The number of sulfonamides is 1. The number of fused-ring (bicyclic) bond motifs is 3. The van der Waals surface area contributed by atoms with Gasteiger partial charge in [-0.15, -0.1) is 0 Å². The number of halogens is 1. The van der Waals surface area contributed by atoms with Gasteiger partial charge in [0, 0.05) is 36.3 Å². The van der Waals surface area contributed by atoms with E-state index >= 15 is 0 Å². The minimum atomic E-state index is -3.78. The number of aromatic nitrogens is 2. The summed E-state index contributed by atoms with van der Waals surface area (Å²) in [7, 11) is -3.78. The minimum Gasteiger partial charge on any atom is -0.298 e. The van der Waals surface area contributed by atoms with Crippen molar-refractivity contribution in [1.29, 1.82) is 5.26 Å². The molecule has 180 valence electrons. The van der Waals surface area contributed by atoms with Crippen molar-refractivity contribution in [2.75, 3.05) is 19.6 Å². The molecule has 7 nitrogen and oxygen atoms in total. The normalized spacial score (nSPS) is 23.7. The van der Waals surface area contributed by atoms with Crippen LogP contribution in [0.5, 0.6) is 0 Å². The van der Waals surface area contributed by atoms with Gasteiger partial charge < -0.3 is 0 Å². The van der Waals surface area contributed by atoms with Gasteiger partial charge in [-0.25, -0.2) is 27.5 Å². The lowest BCUT2D eigenvalue weighted by atomic mass is 9.74. The van der Waals surface area contributed by atoms with E-state index in [1.807, 2.05) is 19.1 Å². The second-order valence-corrected chi connectivity index (χ2v) is 11.0. The number of nitriles is 1. The van der Waals surface area contributed by atoms with Crippen LogP contribution in [0.2, 0.25) is 0 Å². The molecule has 3 aliphatic rings. The predicted octanol–water partition coefficient (Wildman–Crippen LogP) is 3.62. The van der Waals surface area contributed by atoms with Crippen LogP contribution in [-0.4, -0.2) is 49.0 Å². The van der Waals surface area contributed by atoms with Crippen LogP contribution in [0, 0.1) is 30.0 Å². The van der Waals surface area contributed by atoms with E-state index in [0.717, 1.165) is 42.9 Å². The third kappa shape index (κ3) is 4.82. The van der Waals surface area contributed by atoms with Crippen LogP contribution >= 0.6 is 0 Å². The lowest BCUT2D eigenvalue weighted by molar-refractivity contribution is 0.0317. The molecule has 6 rings (SSSR count). The van der Waals surface area contributed by atoms with Crippen molar-refractivity contribution >= 4 is 10.0 Å². The molecular formula is C26H26FN5O2S. The zero-order valence-electron chi connectivity index (χ0n) is 19.4. The molecule has 0 radical (unpaired) electrons. The first kappa shape index (κ1) is 23.5. The molecule has 1 unspecified atom stereocenters. The Morgan fingerprint density at radius 3 is 2.66 bits per heavy atom. The average Bonchev–Trinajstić information content (AvgIpc) is 2.88. The highest BCUT2D eigenvalue weighted by Gasteiger charge is 2.41. The summed E-state index contributed by atoms with van der Waals surface area (Å²) in [4.78, 5) is 11.6. The Balaban J connectivity index is 1.31. The molecule has 4 heterocycles. The summed E-state index contributed by atoms with van der Waals surface area (Å²) in [6.45, 7) is 3.88. The fraction of sp³-hybridized carbons (Fsp3) is 0.346. The Labute approximate surface area is 204 Å². The van der Waals surface area contributed by atoms with Gasteiger partial charge in [0.05, 0.1) is 16.2 Å².